The molecule has 0 saturated heterocycles. The molecule has 0 saturated carbocycles. The van der Waals surface area contributed by atoms with E-state index in [2.05, 4.69) is 5.32 Å². The summed E-state index contributed by atoms with van der Waals surface area (Å²) in [6, 6.07) is 4.68. The second-order valence-corrected chi connectivity index (χ2v) is 4.05. The second kappa shape index (κ2) is 6.79. The molecule has 0 aliphatic carbocycles. The van der Waals surface area contributed by atoms with Crippen molar-refractivity contribution in [1.82, 2.24) is 5.32 Å². The van der Waals surface area contributed by atoms with Crippen LogP contribution in [0.2, 0.25) is 0 Å². The van der Waals surface area contributed by atoms with Gasteiger partial charge in [0.2, 0.25) is 5.91 Å². The van der Waals surface area contributed by atoms with E-state index in [1.165, 1.54) is 25.3 Å². The van der Waals surface area contributed by atoms with Crippen LogP contribution in [0.5, 0.6) is 5.75 Å². The summed E-state index contributed by atoms with van der Waals surface area (Å²) < 4.78 is 18.2. The number of carbonyl (C=O) groups excluding carboxylic acids is 1. The number of halogens is 1. The number of methoxy groups -OCH3 is 1. The van der Waals surface area contributed by atoms with Gasteiger partial charge < -0.3 is 10.1 Å². The van der Waals surface area contributed by atoms with E-state index >= 15 is 0 Å². The summed E-state index contributed by atoms with van der Waals surface area (Å²) in [7, 11) is 1.41. The van der Waals surface area contributed by atoms with E-state index in [9.17, 15) is 9.18 Å². The molecule has 1 amide bonds. The Morgan fingerprint density at radius 3 is 2.83 bits per heavy atom. The van der Waals surface area contributed by atoms with E-state index in [0.29, 0.717) is 5.56 Å². The van der Waals surface area contributed by atoms with Crippen LogP contribution in [0.4, 0.5) is 4.39 Å². The fourth-order valence-corrected chi connectivity index (χ4v) is 1.35. The molecule has 18 heavy (non-hydrogen) atoms. The van der Waals surface area contributed by atoms with E-state index < -0.39 is 5.82 Å². The Hall–Kier alpha value is -1.84. The Labute approximate surface area is 107 Å². The van der Waals surface area contributed by atoms with Gasteiger partial charge in [0.25, 0.3) is 0 Å². The minimum absolute atomic E-state index is 0.134. The SMILES string of the molecule is CC[C@@H](C)NC(=O)/C=C/c1ccc(OC)c(F)c1. The average Bonchev–Trinajstić information content (AvgIpc) is 2.36. The smallest absolute Gasteiger partial charge is 0.244 e. The third-order valence-electron chi connectivity index (χ3n) is 2.60. The van der Waals surface area contributed by atoms with Crippen molar-refractivity contribution in [1.29, 1.82) is 0 Å². The summed E-state index contributed by atoms with van der Waals surface area (Å²) >= 11 is 0. The van der Waals surface area contributed by atoms with Gasteiger partial charge in [-0.25, -0.2) is 4.39 Å². The molecule has 4 heteroatoms. The van der Waals surface area contributed by atoms with Gasteiger partial charge in [-0.05, 0) is 37.1 Å². The largest absolute Gasteiger partial charge is 0.494 e. The molecule has 3 nitrogen and oxygen atoms in total. The topological polar surface area (TPSA) is 38.3 Å². The normalized spacial score (nSPS) is 12.4. The maximum Gasteiger partial charge on any atom is 0.244 e. The minimum atomic E-state index is -0.443. The van der Waals surface area contributed by atoms with Gasteiger partial charge in [-0.3, -0.25) is 4.79 Å². The van der Waals surface area contributed by atoms with E-state index in [0.717, 1.165) is 6.42 Å². The molecule has 0 aliphatic rings. The van der Waals surface area contributed by atoms with Crippen molar-refractivity contribution in [3.63, 3.8) is 0 Å². The number of hydrogen-bond donors (Lipinski definition) is 1. The molecule has 0 bridgehead atoms. The standard InChI is InChI=1S/C14H18FNO2/c1-4-10(2)16-14(17)8-6-11-5-7-13(18-3)12(15)9-11/h5-10H,4H2,1-3H3,(H,16,17)/b8-6+/t10-/m1/s1. The van der Waals surface area contributed by atoms with Crippen molar-refractivity contribution in [2.75, 3.05) is 7.11 Å². The first kappa shape index (κ1) is 14.2. The number of nitrogens with one attached hydrogen (secondary N) is 1. The molecule has 0 radical (unpaired) electrons. The third-order valence-corrected chi connectivity index (χ3v) is 2.60. The van der Waals surface area contributed by atoms with Gasteiger partial charge in [-0.15, -0.1) is 0 Å². The van der Waals surface area contributed by atoms with Gasteiger partial charge in [0, 0.05) is 12.1 Å². The lowest BCUT2D eigenvalue weighted by Crippen LogP contribution is -2.30. The Bertz CT molecular complexity index is 443. The Morgan fingerprint density at radius 1 is 1.56 bits per heavy atom. The monoisotopic (exact) mass is 251 g/mol. The van der Waals surface area contributed by atoms with Crippen LogP contribution < -0.4 is 10.1 Å². The number of amides is 1. The summed E-state index contributed by atoms with van der Waals surface area (Å²) in [5.74, 6) is -0.432. The van der Waals surface area contributed by atoms with Crippen LogP contribution in [0, 0.1) is 5.82 Å². The highest BCUT2D eigenvalue weighted by atomic mass is 19.1. The summed E-state index contributed by atoms with van der Waals surface area (Å²) in [6.07, 6.45) is 3.84. The number of hydrogen-bond acceptors (Lipinski definition) is 2. The first-order valence-electron chi connectivity index (χ1n) is 5.89. The predicted octanol–water partition coefficient (Wildman–Crippen LogP) is 2.76. The number of ether oxygens (including phenoxy) is 1. The van der Waals surface area contributed by atoms with Crippen molar-refractivity contribution in [3.8, 4) is 5.75 Å². The lowest BCUT2D eigenvalue weighted by atomic mass is 10.2. The molecule has 1 rings (SSSR count). The Balaban J connectivity index is 2.67. The van der Waals surface area contributed by atoms with Gasteiger partial charge >= 0.3 is 0 Å². The quantitative estimate of drug-likeness (QED) is 0.817. The van der Waals surface area contributed by atoms with Crippen LogP contribution in [0.1, 0.15) is 25.8 Å². The molecule has 1 N–H and O–H groups in total. The fourth-order valence-electron chi connectivity index (χ4n) is 1.35. The highest BCUT2D eigenvalue weighted by Crippen LogP contribution is 2.18. The lowest BCUT2D eigenvalue weighted by Gasteiger charge is -2.08. The molecule has 0 fully saturated rings. The minimum Gasteiger partial charge on any atom is -0.494 e. The maximum atomic E-state index is 13.4. The van der Waals surface area contributed by atoms with E-state index in [1.807, 2.05) is 13.8 Å². The fraction of sp³-hybridized carbons (Fsp3) is 0.357. The molecule has 0 unspecified atom stereocenters. The predicted molar refractivity (Wildman–Crippen MR) is 69.9 cm³/mol. The first-order chi connectivity index (χ1) is 8.56. The highest BCUT2D eigenvalue weighted by molar-refractivity contribution is 5.91. The molecule has 98 valence electrons. The summed E-state index contributed by atoms with van der Waals surface area (Å²) in [6.45, 7) is 3.92. The van der Waals surface area contributed by atoms with Crippen LogP contribution in [-0.4, -0.2) is 19.1 Å². The zero-order valence-corrected chi connectivity index (χ0v) is 10.9. The third kappa shape index (κ3) is 4.20. The second-order valence-electron chi connectivity index (χ2n) is 4.05. The summed E-state index contributed by atoms with van der Waals surface area (Å²) in [4.78, 5) is 11.5. The van der Waals surface area contributed by atoms with E-state index in [4.69, 9.17) is 4.74 Å². The molecule has 0 aromatic heterocycles. The molecule has 1 atom stereocenters. The maximum absolute atomic E-state index is 13.4. The number of carbonyl (C=O) groups is 1. The van der Waals surface area contributed by atoms with Crippen molar-refractivity contribution < 1.29 is 13.9 Å². The molecule has 0 heterocycles. The lowest BCUT2D eigenvalue weighted by molar-refractivity contribution is -0.117. The summed E-state index contributed by atoms with van der Waals surface area (Å²) in [5, 5.41) is 2.79. The Kier molecular flexibility index (Phi) is 5.36. The molecule has 0 spiro atoms. The Morgan fingerprint density at radius 2 is 2.28 bits per heavy atom. The van der Waals surface area contributed by atoms with Crippen LogP contribution in [-0.2, 0) is 4.79 Å². The van der Waals surface area contributed by atoms with E-state index in [1.54, 1.807) is 12.1 Å². The van der Waals surface area contributed by atoms with Crippen molar-refractivity contribution in [2.24, 2.45) is 0 Å². The van der Waals surface area contributed by atoms with Crippen molar-refractivity contribution in [3.05, 3.63) is 35.7 Å². The average molecular weight is 251 g/mol. The van der Waals surface area contributed by atoms with Crippen LogP contribution in [0.15, 0.2) is 24.3 Å². The van der Waals surface area contributed by atoms with Crippen molar-refractivity contribution in [2.45, 2.75) is 26.3 Å². The highest BCUT2D eigenvalue weighted by Gasteiger charge is 2.03. The molecule has 1 aromatic carbocycles. The van der Waals surface area contributed by atoms with Gasteiger partial charge in [0.05, 0.1) is 7.11 Å². The number of rotatable bonds is 5. The molecule has 0 aliphatic heterocycles. The van der Waals surface area contributed by atoms with Crippen molar-refractivity contribution >= 4 is 12.0 Å². The zero-order valence-electron chi connectivity index (χ0n) is 10.9. The molecular weight excluding hydrogens is 233 g/mol. The first-order valence-corrected chi connectivity index (χ1v) is 5.89. The molecular formula is C14H18FNO2. The van der Waals surface area contributed by atoms with Gasteiger partial charge in [-0.2, -0.15) is 0 Å². The van der Waals surface area contributed by atoms with Crippen LogP contribution in [0.3, 0.4) is 0 Å². The summed E-state index contributed by atoms with van der Waals surface area (Å²) in [5.41, 5.74) is 0.618. The van der Waals surface area contributed by atoms with Crippen LogP contribution in [0.25, 0.3) is 6.08 Å². The van der Waals surface area contributed by atoms with Gasteiger partial charge in [-0.1, -0.05) is 13.0 Å². The molecule has 1 aromatic rings. The van der Waals surface area contributed by atoms with E-state index in [-0.39, 0.29) is 17.7 Å². The van der Waals surface area contributed by atoms with Gasteiger partial charge in [0.15, 0.2) is 11.6 Å². The number of benzene rings is 1. The van der Waals surface area contributed by atoms with Crippen LogP contribution >= 0.6 is 0 Å². The van der Waals surface area contributed by atoms with Gasteiger partial charge in [0.1, 0.15) is 0 Å². The zero-order chi connectivity index (χ0) is 13.5.